The Labute approximate surface area is 188 Å². The maximum Gasteiger partial charge on any atom is 0.421 e. The molecule has 33 heavy (non-hydrogen) atoms. The molecule has 1 aromatic carbocycles. The molecule has 1 unspecified atom stereocenters. The number of hydrogen-bond acceptors (Lipinski definition) is 7. The van der Waals surface area contributed by atoms with Crippen molar-refractivity contribution in [2.45, 2.75) is 37.5 Å². The molecule has 5 rings (SSSR count). The van der Waals surface area contributed by atoms with Gasteiger partial charge in [0.15, 0.2) is 5.82 Å². The fourth-order valence-electron chi connectivity index (χ4n) is 4.26. The Balaban J connectivity index is 1.43. The number of nitrogens with one attached hydrogen (secondary N) is 2. The third-order valence-corrected chi connectivity index (χ3v) is 5.91. The summed E-state index contributed by atoms with van der Waals surface area (Å²) in [4.78, 5) is 13.8. The molecule has 2 fully saturated rings. The molecule has 0 radical (unpaired) electrons. The highest BCUT2D eigenvalue weighted by atomic mass is 19.4. The molecule has 0 aliphatic carbocycles. The maximum absolute atomic E-state index is 13.8. The Morgan fingerprint density at radius 3 is 2.61 bits per heavy atom. The van der Waals surface area contributed by atoms with Gasteiger partial charge < -0.3 is 10.6 Å². The molecule has 0 bridgehead atoms. The van der Waals surface area contributed by atoms with Crippen LogP contribution < -0.4 is 15.7 Å². The molecule has 3 aromatic rings. The fraction of sp³-hybridized carbons (Fsp3) is 0.409. The predicted molar refractivity (Wildman–Crippen MR) is 116 cm³/mol. The second kappa shape index (κ2) is 8.99. The summed E-state index contributed by atoms with van der Waals surface area (Å²) < 4.78 is 43.3. The Morgan fingerprint density at radius 1 is 1.06 bits per heavy atom. The van der Waals surface area contributed by atoms with Crippen LogP contribution in [0.25, 0.3) is 0 Å². The Hall–Kier alpha value is -3.18. The minimum atomic E-state index is -4.62. The number of aromatic nitrogens is 4. The van der Waals surface area contributed by atoms with E-state index in [2.05, 4.69) is 25.7 Å². The van der Waals surface area contributed by atoms with E-state index in [0.717, 1.165) is 37.7 Å². The van der Waals surface area contributed by atoms with Crippen LogP contribution in [0.15, 0.2) is 48.9 Å². The highest BCUT2D eigenvalue weighted by Gasteiger charge is 2.40. The van der Waals surface area contributed by atoms with E-state index in [4.69, 9.17) is 4.84 Å². The Bertz CT molecular complexity index is 1080. The van der Waals surface area contributed by atoms with E-state index >= 15 is 0 Å². The van der Waals surface area contributed by atoms with Gasteiger partial charge >= 0.3 is 6.18 Å². The molecule has 0 spiro atoms. The average molecular weight is 459 g/mol. The maximum atomic E-state index is 13.8. The van der Waals surface area contributed by atoms with E-state index in [9.17, 15) is 13.2 Å². The number of hydroxylamine groups is 1. The second-order valence-electron chi connectivity index (χ2n) is 8.12. The summed E-state index contributed by atoms with van der Waals surface area (Å²) in [5.74, 6) is -0.262. The van der Waals surface area contributed by atoms with Gasteiger partial charge in [0.2, 0.25) is 5.95 Å². The molecular weight excluding hydrogens is 435 g/mol. The number of anilines is 3. The third-order valence-electron chi connectivity index (χ3n) is 5.91. The van der Waals surface area contributed by atoms with E-state index < -0.39 is 11.7 Å². The van der Waals surface area contributed by atoms with Crippen LogP contribution in [-0.2, 0) is 11.0 Å². The van der Waals surface area contributed by atoms with Crippen LogP contribution in [0.1, 0.15) is 42.5 Å². The summed E-state index contributed by atoms with van der Waals surface area (Å²) in [5, 5.41) is 12.0. The van der Waals surface area contributed by atoms with Crippen LogP contribution in [0, 0.1) is 0 Å². The van der Waals surface area contributed by atoms with Gasteiger partial charge in [-0.3, -0.25) is 9.52 Å². The number of piperidine rings is 1. The molecule has 2 saturated heterocycles. The lowest BCUT2D eigenvalue weighted by atomic mass is 10.0. The highest BCUT2D eigenvalue weighted by molar-refractivity contribution is 5.56. The van der Waals surface area contributed by atoms with Crippen molar-refractivity contribution in [2.75, 3.05) is 30.1 Å². The average Bonchev–Trinajstić information content (AvgIpc) is 3.49. The zero-order chi connectivity index (χ0) is 22.8. The summed E-state index contributed by atoms with van der Waals surface area (Å²) in [7, 11) is 0. The van der Waals surface area contributed by atoms with E-state index in [0.29, 0.717) is 18.7 Å². The first kappa shape index (κ1) is 21.7. The van der Waals surface area contributed by atoms with Gasteiger partial charge in [-0.05, 0) is 31.5 Å². The number of halogens is 3. The molecular formula is C22H24F3N7O. The van der Waals surface area contributed by atoms with E-state index in [1.165, 1.54) is 5.06 Å². The lowest BCUT2D eigenvalue weighted by Gasteiger charge is -2.26. The monoisotopic (exact) mass is 459 g/mol. The summed E-state index contributed by atoms with van der Waals surface area (Å²) in [6, 6.07) is 9.21. The van der Waals surface area contributed by atoms with Crippen molar-refractivity contribution in [1.29, 1.82) is 0 Å². The van der Waals surface area contributed by atoms with E-state index in [1.807, 2.05) is 41.2 Å². The largest absolute Gasteiger partial charge is 0.421 e. The van der Waals surface area contributed by atoms with Crippen LogP contribution >= 0.6 is 0 Å². The molecule has 0 saturated carbocycles. The van der Waals surface area contributed by atoms with Gasteiger partial charge in [-0.2, -0.15) is 23.3 Å². The number of hydrogen-bond donors (Lipinski definition) is 2. The summed E-state index contributed by atoms with van der Waals surface area (Å²) >= 11 is 0. The van der Waals surface area contributed by atoms with Crippen molar-refractivity contribution < 1.29 is 18.0 Å². The number of benzene rings is 1. The van der Waals surface area contributed by atoms with Crippen LogP contribution in [0.4, 0.5) is 30.6 Å². The quantitative estimate of drug-likeness (QED) is 0.591. The number of alkyl halides is 3. The van der Waals surface area contributed by atoms with Crippen molar-refractivity contribution in [1.82, 2.24) is 25.1 Å². The standard InChI is InChI=1S/C22H24F3N7O/c23-22(24,25)18-13-27-21(29-16-12-28-31(14-16)17-6-9-26-10-7-17)30-20(18)32-19(8-11-33-32)15-4-2-1-3-5-15/h1-5,12-14,17,19,26H,6-11H2,(H,27,29,30). The first-order valence-electron chi connectivity index (χ1n) is 10.9. The molecule has 4 heterocycles. The van der Waals surface area contributed by atoms with Gasteiger partial charge in [0.05, 0.1) is 30.6 Å². The molecule has 2 aliphatic rings. The van der Waals surface area contributed by atoms with E-state index in [1.54, 1.807) is 6.20 Å². The van der Waals surface area contributed by atoms with Gasteiger partial charge in [-0.25, -0.2) is 10.0 Å². The van der Waals surface area contributed by atoms with Crippen molar-refractivity contribution in [2.24, 2.45) is 0 Å². The number of rotatable bonds is 5. The summed E-state index contributed by atoms with van der Waals surface area (Å²) in [6.07, 6.45) is 2.12. The lowest BCUT2D eigenvalue weighted by molar-refractivity contribution is -0.138. The van der Waals surface area contributed by atoms with Crippen molar-refractivity contribution >= 4 is 17.5 Å². The topological polar surface area (TPSA) is 80.1 Å². The van der Waals surface area contributed by atoms with Gasteiger partial charge in [-0.15, -0.1) is 0 Å². The minimum Gasteiger partial charge on any atom is -0.321 e. The Kier molecular flexibility index (Phi) is 5.90. The van der Waals surface area contributed by atoms with Crippen LogP contribution in [0.2, 0.25) is 0 Å². The molecule has 1 atom stereocenters. The molecule has 11 heteroatoms. The molecule has 2 aliphatic heterocycles. The summed E-state index contributed by atoms with van der Waals surface area (Å²) in [5.41, 5.74) is 0.530. The zero-order valence-corrected chi connectivity index (χ0v) is 17.8. The van der Waals surface area contributed by atoms with Crippen molar-refractivity contribution in [3.8, 4) is 0 Å². The predicted octanol–water partition coefficient (Wildman–Crippen LogP) is 4.24. The zero-order valence-electron chi connectivity index (χ0n) is 17.8. The Morgan fingerprint density at radius 2 is 1.85 bits per heavy atom. The molecule has 2 N–H and O–H groups in total. The van der Waals surface area contributed by atoms with Gasteiger partial charge in [0, 0.05) is 18.8 Å². The lowest BCUT2D eigenvalue weighted by Crippen LogP contribution is -2.29. The SMILES string of the molecule is FC(F)(F)c1cnc(Nc2cnn(C3CCNCC3)c2)nc1N1OCCC1c1ccccc1. The van der Waals surface area contributed by atoms with Crippen LogP contribution in [0.5, 0.6) is 0 Å². The van der Waals surface area contributed by atoms with E-state index in [-0.39, 0.29) is 23.8 Å². The first-order chi connectivity index (χ1) is 16.0. The smallest absolute Gasteiger partial charge is 0.321 e. The van der Waals surface area contributed by atoms with Gasteiger partial charge in [0.25, 0.3) is 0 Å². The normalized spacial score (nSPS) is 19.7. The first-order valence-corrected chi connectivity index (χ1v) is 10.9. The van der Waals surface area contributed by atoms with Gasteiger partial charge in [0.1, 0.15) is 5.56 Å². The minimum absolute atomic E-state index is 0.0465. The van der Waals surface area contributed by atoms with Crippen LogP contribution in [0.3, 0.4) is 0 Å². The fourth-order valence-corrected chi connectivity index (χ4v) is 4.26. The molecule has 8 nitrogen and oxygen atoms in total. The molecule has 2 aromatic heterocycles. The van der Waals surface area contributed by atoms with Crippen molar-refractivity contribution in [3.63, 3.8) is 0 Å². The second-order valence-corrected chi connectivity index (χ2v) is 8.12. The molecule has 174 valence electrons. The van der Waals surface area contributed by atoms with Crippen molar-refractivity contribution in [3.05, 3.63) is 60.0 Å². The summed E-state index contributed by atoms with van der Waals surface area (Å²) in [6.45, 7) is 2.15. The highest BCUT2D eigenvalue weighted by Crippen LogP contribution is 2.41. The third kappa shape index (κ3) is 4.64. The van der Waals surface area contributed by atoms with Gasteiger partial charge in [-0.1, -0.05) is 30.3 Å². The van der Waals surface area contributed by atoms with Crippen LogP contribution in [-0.4, -0.2) is 39.4 Å². The number of nitrogens with zero attached hydrogens (tertiary/aromatic N) is 5. The molecule has 0 amide bonds.